The average Bonchev–Trinajstić information content (AvgIpc) is 2.99. The number of nitrogens with two attached hydrogens (primary N) is 1. The molecule has 0 saturated heterocycles. The number of imidazole rings is 1. The number of aromatic nitrogens is 3. The molecule has 0 aliphatic heterocycles. The number of hydrogen-bond donors (Lipinski definition) is 1. The average molecular weight is 425 g/mol. The molecule has 0 atom stereocenters. The van der Waals surface area contributed by atoms with E-state index in [-0.39, 0.29) is 12.5 Å². The lowest BCUT2D eigenvalue weighted by Crippen LogP contribution is -2.16. The molecule has 1 aromatic carbocycles. The summed E-state index contributed by atoms with van der Waals surface area (Å²) in [7, 11) is 0. The molecule has 0 fully saturated rings. The summed E-state index contributed by atoms with van der Waals surface area (Å²) in [6.07, 6.45) is 1.51. The molecule has 158 valence electrons. The van der Waals surface area contributed by atoms with Crippen LogP contribution < -0.4 is 5.73 Å². The van der Waals surface area contributed by atoms with Gasteiger partial charge in [-0.05, 0) is 55.2 Å². The number of rotatable bonds is 8. The number of nitrogens with zero attached hydrogens (tertiary/aromatic N) is 3. The van der Waals surface area contributed by atoms with Gasteiger partial charge in [0.2, 0.25) is 0 Å². The molecule has 0 saturated carbocycles. The van der Waals surface area contributed by atoms with E-state index in [9.17, 15) is 4.79 Å². The molecule has 1 amide bonds. The maximum Gasteiger partial charge on any atom is 0.404 e. The van der Waals surface area contributed by atoms with Crippen molar-refractivity contribution >= 4 is 17.9 Å². The molecule has 0 bridgehead atoms. The van der Waals surface area contributed by atoms with Crippen LogP contribution in [-0.2, 0) is 17.7 Å². The van der Waals surface area contributed by atoms with Crippen molar-refractivity contribution in [2.45, 2.75) is 56.5 Å². The van der Waals surface area contributed by atoms with Gasteiger partial charge in [-0.3, -0.25) is 4.98 Å². The Balaban J connectivity index is 2.03. The minimum absolute atomic E-state index is 0.194. The van der Waals surface area contributed by atoms with Crippen molar-refractivity contribution in [2.75, 3.05) is 6.61 Å². The summed E-state index contributed by atoms with van der Waals surface area (Å²) in [5.41, 5.74) is 9.57. The summed E-state index contributed by atoms with van der Waals surface area (Å²) >= 11 is 1.72. The van der Waals surface area contributed by atoms with Crippen LogP contribution in [0.3, 0.4) is 0 Å². The number of carbonyl (C=O) groups is 1. The number of benzene rings is 1. The zero-order valence-corrected chi connectivity index (χ0v) is 18.7. The zero-order valence-electron chi connectivity index (χ0n) is 17.9. The molecule has 30 heavy (non-hydrogen) atoms. The zero-order chi connectivity index (χ0) is 21.7. The summed E-state index contributed by atoms with van der Waals surface area (Å²) in [5, 5.41) is 1.09. The maximum absolute atomic E-state index is 11.0. The van der Waals surface area contributed by atoms with Crippen LogP contribution in [-0.4, -0.2) is 27.2 Å². The summed E-state index contributed by atoms with van der Waals surface area (Å²) in [4.78, 5) is 21.6. The number of pyridine rings is 1. The van der Waals surface area contributed by atoms with E-state index in [1.807, 2.05) is 18.2 Å². The van der Waals surface area contributed by atoms with Gasteiger partial charge in [-0.1, -0.05) is 37.7 Å². The first-order chi connectivity index (χ1) is 14.3. The van der Waals surface area contributed by atoms with Gasteiger partial charge in [0.05, 0.1) is 17.9 Å². The van der Waals surface area contributed by atoms with Crippen LogP contribution in [0.4, 0.5) is 4.79 Å². The lowest BCUT2D eigenvalue weighted by atomic mass is 10.1. The second kappa shape index (κ2) is 9.80. The third kappa shape index (κ3) is 5.63. The molecule has 0 aliphatic carbocycles. The molecule has 0 unspecified atom stereocenters. The quantitative estimate of drug-likeness (QED) is 0.558. The lowest BCUT2D eigenvalue weighted by Gasteiger charge is -2.14. The third-order valence-electron chi connectivity index (χ3n) is 4.60. The minimum atomic E-state index is -0.772. The molecule has 0 radical (unpaired) electrons. The van der Waals surface area contributed by atoms with Crippen LogP contribution >= 0.6 is 11.8 Å². The molecule has 3 rings (SSSR count). The monoisotopic (exact) mass is 424 g/mol. The van der Waals surface area contributed by atoms with Crippen molar-refractivity contribution in [3.05, 3.63) is 70.9 Å². The summed E-state index contributed by atoms with van der Waals surface area (Å²) in [6, 6.07) is 12.4. The van der Waals surface area contributed by atoms with E-state index in [4.69, 9.17) is 15.5 Å². The van der Waals surface area contributed by atoms with Gasteiger partial charge in [0.1, 0.15) is 17.5 Å². The van der Waals surface area contributed by atoms with Crippen LogP contribution in [0.5, 0.6) is 0 Å². The van der Waals surface area contributed by atoms with Crippen molar-refractivity contribution < 1.29 is 9.53 Å². The minimum Gasteiger partial charge on any atom is -0.449 e. The van der Waals surface area contributed by atoms with Gasteiger partial charge in [-0.15, -0.1) is 0 Å². The maximum atomic E-state index is 11.0. The second-order valence-electron chi connectivity index (χ2n) is 7.62. The van der Waals surface area contributed by atoms with Gasteiger partial charge in [0.15, 0.2) is 0 Å². The second-order valence-corrected chi connectivity index (χ2v) is 8.69. The van der Waals surface area contributed by atoms with Crippen LogP contribution in [0.25, 0.3) is 0 Å². The van der Waals surface area contributed by atoms with E-state index < -0.39 is 6.09 Å². The normalized spacial score (nSPS) is 11.1. The Kier molecular flexibility index (Phi) is 7.15. The Morgan fingerprint density at radius 3 is 2.53 bits per heavy atom. The molecule has 2 heterocycles. The molecule has 3 aromatic rings. The Morgan fingerprint density at radius 1 is 1.20 bits per heavy atom. The van der Waals surface area contributed by atoms with E-state index >= 15 is 0 Å². The predicted octanol–water partition coefficient (Wildman–Crippen LogP) is 4.86. The Bertz CT molecular complexity index is 995. The topological polar surface area (TPSA) is 83.0 Å². The van der Waals surface area contributed by atoms with E-state index in [2.05, 4.69) is 55.4 Å². The van der Waals surface area contributed by atoms with Gasteiger partial charge in [0, 0.05) is 17.5 Å². The third-order valence-corrected chi connectivity index (χ3v) is 5.69. The number of amides is 1. The summed E-state index contributed by atoms with van der Waals surface area (Å²) in [6.45, 7) is 9.29. The number of ether oxygens (including phenoxy) is 1. The molecule has 2 aromatic heterocycles. The fourth-order valence-electron chi connectivity index (χ4n) is 3.34. The number of aryl methyl sites for hydroxylation is 2. The van der Waals surface area contributed by atoms with Crippen molar-refractivity contribution in [3.63, 3.8) is 0 Å². The smallest absolute Gasteiger partial charge is 0.404 e. The number of primary amides is 1. The molecular weight excluding hydrogens is 396 g/mol. The summed E-state index contributed by atoms with van der Waals surface area (Å²) in [5.74, 6) is 1.11. The molecular formula is C23H28N4O2S. The first-order valence-electron chi connectivity index (χ1n) is 10.0. The fourth-order valence-corrected chi connectivity index (χ4v) is 4.72. The van der Waals surface area contributed by atoms with Crippen LogP contribution in [0.15, 0.2) is 52.5 Å². The number of carbonyl (C=O) groups excluding carboxylic acids is 1. The Morgan fingerprint density at radius 2 is 1.93 bits per heavy atom. The van der Waals surface area contributed by atoms with Crippen LogP contribution in [0.1, 0.15) is 48.1 Å². The number of hydrogen-bond acceptors (Lipinski definition) is 5. The van der Waals surface area contributed by atoms with Gasteiger partial charge in [-0.2, -0.15) is 0 Å². The van der Waals surface area contributed by atoms with Gasteiger partial charge in [0.25, 0.3) is 0 Å². The van der Waals surface area contributed by atoms with Crippen molar-refractivity contribution in [3.8, 4) is 0 Å². The molecule has 6 nitrogen and oxygen atoms in total. The van der Waals surface area contributed by atoms with Crippen LogP contribution in [0.2, 0.25) is 0 Å². The van der Waals surface area contributed by atoms with E-state index in [1.54, 1.807) is 18.0 Å². The fraction of sp³-hybridized carbons (Fsp3) is 0.348. The van der Waals surface area contributed by atoms with Crippen LogP contribution in [0, 0.1) is 13.8 Å². The van der Waals surface area contributed by atoms with E-state index in [1.165, 1.54) is 16.0 Å². The lowest BCUT2D eigenvalue weighted by molar-refractivity contribution is 0.157. The van der Waals surface area contributed by atoms with Crippen molar-refractivity contribution in [1.82, 2.24) is 14.5 Å². The highest BCUT2D eigenvalue weighted by molar-refractivity contribution is 7.99. The Labute approximate surface area is 181 Å². The molecule has 0 aliphatic rings. The predicted molar refractivity (Wildman–Crippen MR) is 119 cm³/mol. The largest absolute Gasteiger partial charge is 0.449 e. The van der Waals surface area contributed by atoms with Crippen molar-refractivity contribution in [1.29, 1.82) is 0 Å². The first kappa shape index (κ1) is 21.9. The first-order valence-corrected chi connectivity index (χ1v) is 10.8. The summed E-state index contributed by atoms with van der Waals surface area (Å²) < 4.78 is 7.16. The van der Waals surface area contributed by atoms with E-state index in [0.717, 1.165) is 22.2 Å². The Hall–Kier alpha value is -2.80. The van der Waals surface area contributed by atoms with E-state index in [0.29, 0.717) is 13.0 Å². The highest BCUT2D eigenvalue weighted by Gasteiger charge is 2.21. The highest BCUT2D eigenvalue weighted by Crippen LogP contribution is 2.36. The van der Waals surface area contributed by atoms with Gasteiger partial charge < -0.3 is 15.0 Å². The SMILES string of the molecule is Cc1cc(C)cc(Sc2c(C(C)C)nc(CCOC(N)=O)n2Cc2ccccn2)c1. The molecule has 0 spiro atoms. The van der Waals surface area contributed by atoms with Gasteiger partial charge >= 0.3 is 6.09 Å². The highest BCUT2D eigenvalue weighted by atomic mass is 32.2. The van der Waals surface area contributed by atoms with Gasteiger partial charge in [-0.25, -0.2) is 9.78 Å². The standard InChI is InChI=1S/C23H28N4O2S/c1-15(2)21-22(30-19-12-16(3)11-17(4)13-19)27(14-18-7-5-6-9-25-18)20(26-21)8-10-29-23(24)28/h5-7,9,11-13,15H,8,10,14H2,1-4H3,(H2,24,28). The van der Waals surface area contributed by atoms with Crippen molar-refractivity contribution in [2.24, 2.45) is 5.73 Å². The molecule has 7 heteroatoms. The molecule has 2 N–H and O–H groups in total.